The minimum atomic E-state index is -1.02. The highest BCUT2D eigenvalue weighted by molar-refractivity contribution is 6.33. The van der Waals surface area contributed by atoms with E-state index in [9.17, 15) is 14.4 Å². The van der Waals surface area contributed by atoms with Crippen LogP contribution in [0.5, 0.6) is 0 Å². The number of hydrogen-bond donors (Lipinski definition) is 0. The topological polar surface area (TPSA) is 89.7 Å². The molecule has 0 radical (unpaired) electrons. The smallest absolute Gasteiger partial charge is 0.348 e. The Morgan fingerprint density at radius 3 is 2.15 bits per heavy atom. The number of carbonyl (C=O) groups is 3. The molecule has 1 aliphatic heterocycles. The molecule has 26 heavy (non-hydrogen) atoms. The van der Waals surface area contributed by atoms with Gasteiger partial charge in [0.05, 0.1) is 16.1 Å². The molecule has 0 atom stereocenters. The number of halogens is 1. The lowest BCUT2D eigenvalue weighted by Crippen LogP contribution is -2.32. The zero-order chi connectivity index (χ0) is 18.3. The summed E-state index contributed by atoms with van der Waals surface area (Å²) in [5, 5.41) is 4.61. The van der Waals surface area contributed by atoms with Crippen molar-refractivity contribution in [2.75, 3.05) is 0 Å². The van der Waals surface area contributed by atoms with Gasteiger partial charge >= 0.3 is 5.97 Å². The lowest BCUT2D eigenvalue weighted by molar-refractivity contribution is -0.0607. The van der Waals surface area contributed by atoms with Crippen molar-refractivity contribution >= 4 is 29.4 Å². The molecule has 0 N–H and O–H groups in total. The van der Waals surface area contributed by atoms with Crippen molar-refractivity contribution in [1.82, 2.24) is 10.2 Å². The van der Waals surface area contributed by atoms with Crippen molar-refractivity contribution in [3.8, 4) is 11.3 Å². The van der Waals surface area contributed by atoms with Gasteiger partial charge < -0.3 is 9.36 Å². The fraction of sp³-hybridized carbons (Fsp3) is 0. The Labute approximate surface area is 151 Å². The number of fused-ring (bicyclic) bond motifs is 1. The van der Waals surface area contributed by atoms with Crippen LogP contribution in [0.4, 0.5) is 0 Å². The number of nitrogens with zero attached hydrogens (tertiary/aromatic N) is 2. The van der Waals surface area contributed by atoms with Gasteiger partial charge in [-0.15, -0.1) is 0 Å². The van der Waals surface area contributed by atoms with Gasteiger partial charge in [0.25, 0.3) is 11.8 Å². The summed E-state index contributed by atoms with van der Waals surface area (Å²) in [6.45, 7) is 0. The lowest BCUT2D eigenvalue weighted by atomic mass is 10.1. The van der Waals surface area contributed by atoms with E-state index in [0.29, 0.717) is 21.3 Å². The predicted octanol–water partition coefficient (Wildman–Crippen LogP) is 3.36. The standard InChI is InChI=1S/C18H9ClN2O5/c19-13-8-4-3-7-12(13)14-9-15(25-20-14)18(24)26-21-16(22)10-5-1-2-6-11(10)17(21)23/h1-9H. The maximum atomic E-state index is 12.2. The molecule has 8 heteroatoms. The Bertz CT molecular complexity index is 1020. The maximum Gasteiger partial charge on any atom is 0.401 e. The molecule has 2 amide bonds. The van der Waals surface area contributed by atoms with Crippen molar-refractivity contribution in [2.45, 2.75) is 0 Å². The number of aromatic nitrogens is 1. The Balaban J connectivity index is 1.56. The van der Waals surface area contributed by atoms with Crippen LogP contribution in [0.15, 0.2) is 59.1 Å². The van der Waals surface area contributed by atoms with Crippen LogP contribution in [0, 0.1) is 0 Å². The van der Waals surface area contributed by atoms with Crippen LogP contribution in [0.25, 0.3) is 11.3 Å². The first-order valence-corrected chi connectivity index (χ1v) is 7.86. The molecular formula is C18H9ClN2O5. The molecule has 3 aromatic rings. The molecule has 0 unspecified atom stereocenters. The first kappa shape index (κ1) is 16.0. The Hall–Kier alpha value is -3.45. The fourth-order valence-electron chi connectivity index (χ4n) is 2.55. The molecule has 0 spiro atoms. The van der Waals surface area contributed by atoms with Crippen LogP contribution in [0.3, 0.4) is 0 Å². The molecule has 7 nitrogen and oxygen atoms in total. The number of imide groups is 1. The number of benzene rings is 2. The summed E-state index contributed by atoms with van der Waals surface area (Å²) >= 11 is 6.08. The highest BCUT2D eigenvalue weighted by Gasteiger charge is 2.39. The first-order chi connectivity index (χ1) is 12.6. The molecule has 128 valence electrons. The molecule has 0 bridgehead atoms. The van der Waals surface area contributed by atoms with Crippen molar-refractivity contribution in [2.24, 2.45) is 0 Å². The average molecular weight is 369 g/mol. The van der Waals surface area contributed by atoms with E-state index < -0.39 is 17.8 Å². The quantitative estimate of drug-likeness (QED) is 0.658. The van der Waals surface area contributed by atoms with Crippen LogP contribution in [0.2, 0.25) is 5.02 Å². The molecule has 0 saturated heterocycles. The van der Waals surface area contributed by atoms with Crippen LogP contribution in [0.1, 0.15) is 31.3 Å². The van der Waals surface area contributed by atoms with E-state index in [0.717, 1.165) is 0 Å². The van der Waals surface area contributed by atoms with Gasteiger partial charge in [-0.25, -0.2) is 4.79 Å². The molecule has 0 aliphatic carbocycles. The van der Waals surface area contributed by atoms with E-state index in [-0.39, 0.29) is 16.9 Å². The van der Waals surface area contributed by atoms with Gasteiger partial charge in [0.15, 0.2) is 0 Å². The van der Waals surface area contributed by atoms with Crippen molar-refractivity contribution in [3.63, 3.8) is 0 Å². The van der Waals surface area contributed by atoms with E-state index in [1.807, 2.05) is 0 Å². The third kappa shape index (κ3) is 2.55. The third-order valence-corrected chi connectivity index (χ3v) is 4.12. The number of hydrogen-bond acceptors (Lipinski definition) is 6. The summed E-state index contributed by atoms with van der Waals surface area (Å²) in [5.41, 5.74) is 1.22. The van der Waals surface area contributed by atoms with Crippen LogP contribution < -0.4 is 0 Å². The van der Waals surface area contributed by atoms with Crippen molar-refractivity contribution < 1.29 is 23.7 Å². The number of rotatable bonds is 3. The highest BCUT2D eigenvalue weighted by Crippen LogP contribution is 2.28. The Kier molecular flexibility index (Phi) is 3.78. The van der Waals surface area contributed by atoms with E-state index in [1.165, 1.54) is 18.2 Å². The monoisotopic (exact) mass is 368 g/mol. The van der Waals surface area contributed by atoms with Crippen LogP contribution >= 0.6 is 11.6 Å². The van der Waals surface area contributed by atoms with E-state index >= 15 is 0 Å². The molecule has 4 rings (SSSR count). The third-order valence-electron chi connectivity index (χ3n) is 3.79. The summed E-state index contributed by atoms with van der Waals surface area (Å²) < 4.78 is 4.96. The lowest BCUT2D eigenvalue weighted by Gasteiger charge is -2.10. The summed E-state index contributed by atoms with van der Waals surface area (Å²) in [6, 6.07) is 14.4. The van der Waals surface area contributed by atoms with E-state index in [1.54, 1.807) is 36.4 Å². The van der Waals surface area contributed by atoms with Crippen molar-refractivity contribution in [3.05, 3.63) is 76.5 Å². The summed E-state index contributed by atoms with van der Waals surface area (Å²) in [4.78, 5) is 41.6. The average Bonchev–Trinajstić information content (AvgIpc) is 3.23. The largest absolute Gasteiger partial charge is 0.401 e. The molecule has 2 heterocycles. The predicted molar refractivity (Wildman–Crippen MR) is 89.3 cm³/mol. The zero-order valence-electron chi connectivity index (χ0n) is 13.0. The summed E-state index contributed by atoms with van der Waals surface area (Å²) in [6.07, 6.45) is 0. The zero-order valence-corrected chi connectivity index (χ0v) is 13.8. The van der Waals surface area contributed by atoms with Gasteiger partial charge in [-0.3, -0.25) is 9.59 Å². The van der Waals surface area contributed by atoms with Crippen LogP contribution in [-0.2, 0) is 4.84 Å². The molecule has 0 fully saturated rings. The minimum absolute atomic E-state index is 0.166. The van der Waals surface area contributed by atoms with Gasteiger partial charge in [-0.1, -0.05) is 52.2 Å². The van der Waals surface area contributed by atoms with Gasteiger partial charge in [0.1, 0.15) is 5.69 Å². The van der Waals surface area contributed by atoms with E-state index in [2.05, 4.69) is 5.16 Å². The summed E-state index contributed by atoms with van der Waals surface area (Å²) in [5.74, 6) is -2.73. The SMILES string of the molecule is O=C(ON1C(=O)c2ccccc2C1=O)c1cc(-c2ccccc2Cl)no1. The molecule has 0 saturated carbocycles. The van der Waals surface area contributed by atoms with Crippen LogP contribution in [-0.4, -0.2) is 28.0 Å². The fourth-order valence-corrected chi connectivity index (χ4v) is 2.78. The molecule has 1 aliphatic rings. The van der Waals surface area contributed by atoms with Gasteiger partial charge in [0.2, 0.25) is 5.76 Å². The molecular weight excluding hydrogens is 360 g/mol. The van der Waals surface area contributed by atoms with E-state index in [4.69, 9.17) is 21.0 Å². The first-order valence-electron chi connectivity index (χ1n) is 7.48. The maximum absolute atomic E-state index is 12.2. The van der Waals surface area contributed by atoms with Crippen molar-refractivity contribution in [1.29, 1.82) is 0 Å². The van der Waals surface area contributed by atoms with Gasteiger partial charge in [0, 0.05) is 11.6 Å². The Morgan fingerprint density at radius 1 is 0.962 bits per heavy atom. The second-order valence-corrected chi connectivity index (χ2v) is 5.79. The van der Waals surface area contributed by atoms with Gasteiger partial charge in [-0.2, -0.15) is 0 Å². The minimum Gasteiger partial charge on any atom is -0.348 e. The summed E-state index contributed by atoms with van der Waals surface area (Å²) in [7, 11) is 0. The normalized spacial score (nSPS) is 13.0. The number of carbonyl (C=O) groups excluding carboxylic acids is 3. The Morgan fingerprint density at radius 2 is 1.54 bits per heavy atom. The second kappa shape index (κ2) is 6.12. The van der Waals surface area contributed by atoms with Gasteiger partial charge in [-0.05, 0) is 18.2 Å². The highest BCUT2D eigenvalue weighted by atomic mass is 35.5. The number of hydroxylamine groups is 2. The number of amides is 2. The molecule has 1 aromatic heterocycles. The molecule has 2 aromatic carbocycles. The second-order valence-electron chi connectivity index (χ2n) is 5.39.